The lowest BCUT2D eigenvalue weighted by Gasteiger charge is -2.30. The third-order valence-corrected chi connectivity index (χ3v) is 4.57. The van der Waals surface area contributed by atoms with Crippen molar-refractivity contribution in [2.45, 2.75) is 38.6 Å². The second kappa shape index (κ2) is 5.25. The zero-order valence-corrected chi connectivity index (χ0v) is 10.9. The number of urea groups is 1. The Morgan fingerprint density at radius 1 is 1.47 bits per heavy atom. The zero-order valence-electron chi connectivity index (χ0n) is 10.9. The maximum absolute atomic E-state index is 11.8. The smallest absolute Gasteiger partial charge is 0.317 e. The van der Waals surface area contributed by atoms with E-state index < -0.39 is 0 Å². The van der Waals surface area contributed by atoms with Gasteiger partial charge in [-0.05, 0) is 43.9 Å². The Bertz CT molecular complexity index is 283. The second-order valence-electron chi connectivity index (χ2n) is 5.72. The molecule has 4 heteroatoms. The molecule has 4 atom stereocenters. The molecule has 4 nitrogen and oxygen atoms in total. The number of carbonyl (C=O) groups excluding carboxylic acids is 1. The Morgan fingerprint density at radius 3 is 2.76 bits per heavy atom. The first-order valence-electron chi connectivity index (χ1n) is 6.74. The molecule has 2 N–H and O–H groups in total. The molecule has 2 saturated carbocycles. The Kier molecular flexibility index (Phi) is 3.92. The third-order valence-electron chi connectivity index (χ3n) is 4.57. The minimum atomic E-state index is -0.0608. The van der Waals surface area contributed by atoms with E-state index in [-0.39, 0.29) is 18.7 Å². The maximum Gasteiger partial charge on any atom is 0.317 e. The Labute approximate surface area is 103 Å². The number of nitrogens with one attached hydrogen (secondary N) is 1. The summed E-state index contributed by atoms with van der Waals surface area (Å²) < 4.78 is 0. The molecular formula is C13H24N2O2. The quantitative estimate of drug-likeness (QED) is 0.781. The molecule has 0 spiro atoms. The van der Waals surface area contributed by atoms with E-state index >= 15 is 0 Å². The van der Waals surface area contributed by atoms with Crippen molar-refractivity contribution >= 4 is 6.03 Å². The van der Waals surface area contributed by atoms with Crippen molar-refractivity contribution in [3.05, 3.63) is 0 Å². The molecule has 2 aliphatic rings. The lowest BCUT2D eigenvalue weighted by molar-refractivity contribution is 0.178. The standard InChI is InChI=1S/C13H24N2O2/c1-9(14-13(17)15(2)5-6-16)12-8-10-3-4-11(12)7-10/h9-12,16H,3-8H2,1-2H3,(H,14,17). The summed E-state index contributed by atoms with van der Waals surface area (Å²) >= 11 is 0. The van der Waals surface area contributed by atoms with Gasteiger partial charge in [0.25, 0.3) is 0 Å². The average molecular weight is 240 g/mol. The van der Waals surface area contributed by atoms with Crippen LogP contribution in [0.4, 0.5) is 4.79 Å². The van der Waals surface area contributed by atoms with Gasteiger partial charge in [0.15, 0.2) is 0 Å². The van der Waals surface area contributed by atoms with Crippen molar-refractivity contribution in [1.82, 2.24) is 10.2 Å². The summed E-state index contributed by atoms with van der Waals surface area (Å²) in [5, 5.41) is 11.9. The monoisotopic (exact) mass is 240 g/mol. The van der Waals surface area contributed by atoms with Crippen LogP contribution >= 0.6 is 0 Å². The van der Waals surface area contributed by atoms with Crippen LogP contribution < -0.4 is 5.32 Å². The van der Waals surface area contributed by atoms with Crippen LogP contribution in [0.1, 0.15) is 32.6 Å². The SMILES string of the molecule is CC(NC(=O)N(C)CCO)C1CC2CCC1C2. The molecule has 0 heterocycles. The lowest BCUT2D eigenvalue weighted by atomic mass is 9.84. The van der Waals surface area contributed by atoms with Gasteiger partial charge in [-0.25, -0.2) is 4.79 Å². The summed E-state index contributed by atoms with van der Waals surface area (Å²) in [7, 11) is 1.72. The van der Waals surface area contributed by atoms with E-state index in [1.807, 2.05) is 0 Å². The minimum Gasteiger partial charge on any atom is -0.395 e. The fraction of sp³-hybridized carbons (Fsp3) is 0.923. The number of aliphatic hydroxyl groups is 1. The van der Waals surface area contributed by atoms with Crippen LogP contribution in [0.3, 0.4) is 0 Å². The number of rotatable bonds is 4. The van der Waals surface area contributed by atoms with Gasteiger partial charge in [0.05, 0.1) is 6.61 Å². The van der Waals surface area contributed by atoms with Gasteiger partial charge >= 0.3 is 6.03 Å². The van der Waals surface area contributed by atoms with Gasteiger partial charge in [0.1, 0.15) is 0 Å². The Morgan fingerprint density at radius 2 is 2.24 bits per heavy atom. The highest BCUT2D eigenvalue weighted by molar-refractivity contribution is 5.74. The molecule has 0 aromatic heterocycles. The lowest BCUT2D eigenvalue weighted by Crippen LogP contribution is -2.46. The summed E-state index contributed by atoms with van der Waals surface area (Å²) in [4.78, 5) is 13.4. The van der Waals surface area contributed by atoms with Crippen molar-refractivity contribution in [3.63, 3.8) is 0 Å². The molecule has 17 heavy (non-hydrogen) atoms. The molecule has 2 amide bonds. The predicted octanol–water partition coefficient (Wildman–Crippen LogP) is 1.44. The van der Waals surface area contributed by atoms with Gasteiger partial charge in [-0.2, -0.15) is 0 Å². The number of amides is 2. The highest BCUT2D eigenvalue weighted by Gasteiger charge is 2.42. The van der Waals surface area contributed by atoms with Crippen LogP contribution in [0.5, 0.6) is 0 Å². The van der Waals surface area contributed by atoms with Gasteiger partial charge in [0, 0.05) is 19.6 Å². The predicted molar refractivity (Wildman–Crippen MR) is 66.6 cm³/mol. The summed E-state index contributed by atoms with van der Waals surface area (Å²) in [6, 6.07) is 0.202. The molecular weight excluding hydrogens is 216 g/mol. The number of carbonyl (C=O) groups is 1. The first-order chi connectivity index (χ1) is 8.11. The van der Waals surface area contributed by atoms with Crippen molar-refractivity contribution in [3.8, 4) is 0 Å². The largest absolute Gasteiger partial charge is 0.395 e. The van der Waals surface area contributed by atoms with Crippen LogP contribution in [0, 0.1) is 17.8 Å². The summed E-state index contributed by atoms with van der Waals surface area (Å²) in [5.74, 6) is 2.41. The molecule has 0 radical (unpaired) electrons. The average Bonchev–Trinajstić information content (AvgIpc) is 2.90. The van der Waals surface area contributed by atoms with E-state index in [9.17, 15) is 4.79 Å². The number of nitrogens with zero attached hydrogens (tertiary/aromatic N) is 1. The topological polar surface area (TPSA) is 52.6 Å². The molecule has 0 aromatic carbocycles. The molecule has 2 fully saturated rings. The molecule has 0 aliphatic heterocycles. The van der Waals surface area contributed by atoms with Crippen LogP contribution in [-0.2, 0) is 0 Å². The van der Waals surface area contributed by atoms with E-state index in [1.54, 1.807) is 11.9 Å². The third kappa shape index (κ3) is 2.73. The number of likely N-dealkylation sites (N-methyl/N-ethyl adjacent to an activating group) is 1. The van der Waals surface area contributed by atoms with Crippen molar-refractivity contribution in [1.29, 1.82) is 0 Å². The number of fused-ring (bicyclic) bond motifs is 2. The number of aliphatic hydroxyl groups excluding tert-OH is 1. The molecule has 4 unspecified atom stereocenters. The van der Waals surface area contributed by atoms with Crippen molar-refractivity contribution in [2.75, 3.05) is 20.2 Å². The first-order valence-corrected chi connectivity index (χ1v) is 6.74. The molecule has 2 bridgehead atoms. The molecule has 0 aromatic rings. The van der Waals surface area contributed by atoms with E-state index in [1.165, 1.54) is 25.7 Å². The normalized spacial score (nSPS) is 32.5. The van der Waals surface area contributed by atoms with Gasteiger partial charge in [-0.1, -0.05) is 6.42 Å². The van der Waals surface area contributed by atoms with E-state index in [2.05, 4.69) is 12.2 Å². The summed E-state index contributed by atoms with van der Waals surface area (Å²) in [6.07, 6.45) is 5.40. The Hall–Kier alpha value is -0.770. The Balaban J connectivity index is 1.81. The zero-order chi connectivity index (χ0) is 12.4. The fourth-order valence-corrected chi connectivity index (χ4v) is 3.57. The molecule has 2 aliphatic carbocycles. The van der Waals surface area contributed by atoms with E-state index in [0.29, 0.717) is 12.5 Å². The van der Waals surface area contributed by atoms with Gasteiger partial charge in [-0.15, -0.1) is 0 Å². The highest BCUT2D eigenvalue weighted by atomic mass is 16.3. The second-order valence-corrected chi connectivity index (χ2v) is 5.72. The van der Waals surface area contributed by atoms with E-state index in [0.717, 1.165) is 11.8 Å². The maximum atomic E-state index is 11.8. The first kappa shape index (κ1) is 12.7. The van der Waals surface area contributed by atoms with Crippen LogP contribution in [0.25, 0.3) is 0 Å². The summed E-state index contributed by atoms with van der Waals surface area (Å²) in [5.41, 5.74) is 0. The van der Waals surface area contributed by atoms with Crippen LogP contribution in [-0.4, -0.2) is 42.3 Å². The number of hydrogen-bond donors (Lipinski definition) is 2. The molecule has 2 rings (SSSR count). The van der Waals surface area contributed by atoms with E-state index in [4.69, 9.17) is 5.11 Å². The van der Waals surface area contributed by atoms with Crippen molar-refractivity contribution < 1.29 is 9.90 Å². The highest BCUT2D eigenvalue weighted by Crippen LogP contribution is 2.49. The molecule has 98 valence electrons. The van der Waals surface area contributed by atoms with Crippen LogP contribution in [0.2, 0.25) is 0 Å². The fourth-order valence-electron chi connectivity index (χ4n) is 3.57. The van der Waals surface area contributed by atoms with Crippen molar-refractivity contribution in [2.24, 2.45) is 17.8 Å². The van der Waals surface area contributed by atoms with Gasteiger partial charge in [-0.3, -0.25) is 0 Å². The summed E-state index contributed by atoms with van der Waals surface area (Å²) in [6.45, 7) is 2.54. The van der Waals surface area contributed by atoms with Gasteiger partial charge in [0.2, 0.25) is 0 Å². The molecule has 0 saturated heterocycles. The minimum absolute atomic E-state index is 0.0203. The van der Waals surface area contributed by atoms with Gasteiger partial charge < -0.3 is 15.3 Å². The van der Waals surface area contributed by atoms with Crippen LogP contribution in [0.15, 0.2) is 0 Å². The number of hydrogen-bond acceptors (Lipinski definition) is 2.